The van der Waals surface area contributed by atoms with Crippen LogP contribution in [0.25, 0.3) is 0 Å². The molecule has 126 valence electrons. The van der Waals surface area contributed by atoms with Crippen molar-refractivity contribution in [3.63, 3.8) is 0 Å². The van der Waals surface area contributed by atoms with Crippen molar-refractivity contribution >= 4 is 11.6 Å². The van der Waals surface area contributed by atoms with Gasteiger partial charge in [0.2, 0.25) is 5.91 Å². The van der Waals surface area contributed by atoms with Crippen LogP contribution in [0.2, 0.25) is 0 Å². The third kappa shape index (κ3) is 4.05. The van der Waals surface area contributed by atoms with E-state index in [0.717, 1.165) is 38.4 Å². The molecular weight excluding hydrogens is 286 g/mol. The molecule has 1 heterocycles. The molecule has 2 aliphatic rings. The van der Waals surface area contributed by atoms with Gasteiger partial charge < -0.3 is 11.1 Å². The number of para-hydroxylation sites is 1. The second kappa shape index (κ2) is 7.35. The van der Waals surface area contributed by atoms with Crippen LogP contribution in [0.15, 0.2) is 24.3 Å². The number of carbonyl (C=O) groups is 1. The number of likely N-dealkylation sites (tertiary alicyclic amines) is 1. The molecule has 0 spiro atoms. The van der Waals surface area contributed by atoms with Crippen LogP contribution in [-0.2, 0) is 11.3 Å². The Morgan fingerprint density at radius 2 is 2.09 bits per heavy atom. The molecule has 2 fully saturated rings. The number of nitrogens with zero attached hydrogens (tertiary/aromatic N) is 1. The minimum atomic E-state index is -0.153. The summed E-state index contributed by atoms with van der Waals surface area (Å²) in [6, 6.07) is 9.11. The van der Waals surface area contributed by atoms with Gasteiger partial charge >= 0.3 is 0 Å². The van der Waals surface area contributed by atoms with Crippen molar-refractivity contribution in [1.82, 2.24) is 4.90 Å². The predicted octanol–water partition coefficient (Wildman–Crippen LogP) is 2.98. The van der Waals surface area contributed by atoms with Gasteiger partial charge in [0, 0.05) is 24.8 Å². The summed E-state index contributed by atoms with van der Waals surface area (Å²) in [5, 5.41) is 3.72. The summed E-state index contributed by atoms with van der Waals surface area (Å²) in [5.41, 5.74) is 8.06. The van der Waals surface area contributed by atoms with Crippen LogP contribution in [0.5, 0.6) is 0 Å². The fourth-order valence-electron chi connectivity index (χ4n) is 3.77. The zero-order valence-corrected chi connectivity index (χ0v) is 14.1. The summed E-state index contributed by atoms with van der Waals surface area (Å²) in [5.74, 6) is 0.676. The highest BCUT2D eigenvalue weighted by Gasteiger charge is 2.26. The monoisotopic (exact) mass is 315 g/mol. The Kier molecular flexibility index (Phi) is 5.21. The van der Waals surface area contributed by atoms with Gasteiger partial charge in [-0.2, -0.15) is 0 Å². The van der Waals surface area contributed by atoms with E-state index in [-0.39, 0.29) is 11.8 Å². The van der Waals surface area contributed by atoms with Gasteiger partial charge in [-0.25, -0.2) is 0 Å². The number of carbonyl (C=O) groups excluding carboxylic acids is 1. The number of anilines is 1. The molecule has 1 saturated heterocycles. The zero-order chi connectivity index (χ0) is 16.2. The predicted molar refractivity (Wildman–Crippen MR) is 94.1 cm³/mol. The van der Waals surface area contributed by atoms with Crippen molar-refractivity contribution in [3.05, 3.63) is 29.8 Å². The number of primary amides is 1. The molecule has 0 radical (unpaired) electrons. The van der Waals surface area contributed by atoms with Gasteiger partial charge in [-0.3, -0.25) is 9.69 Å². The van der Waals surface area contributed by atoms with E-state index < -0.39 is 0 Å². The number of hydrogen-bond acceptors (Lipinski definition) is 3. The van der Waals surface area contributed by atoms with Crippen molar-refractivity contribution in [3.8, 4) is 0 Å². The number of amides is 1. The normalized spacial score (nSPS) is 24.0. The largest absolute Gasteiger partial charge is 0.382 e. The first-order chi connectivity index (χ1) is 11.1. The lowest BCUT2D eigenvalue weighted by molar-refractivity contribution is -0.123. The third-order valence-electron chi connectivity index (χ3n) is 5.56. The van der Waals surface area contributed by atoms with Crippen LogP contribution in [0.1, 0.15) is 44.6 Å². The van der Waals surface area contributed by atoms with Crippen LogP contribution in [0, 0.1) is 11.8 Å². The summed E-state index contributed by atoms with van der Waals surface area (Å²) < 4.78 is 0. The topological polar surface area (TPSA) is 58.4 Å². The average molecular weight is 315 g/mol. The highest BCUT2D eigenvalue weighted by molar-refractivity contribution is 5.76. The first kappa shape index (κ1) is 16.3. The lowest BCUT2D eigenvalue weighted by Crippen LogP contribution is -2.40. The molecular formula is C19H29N3O. The SMILES string of the molecule is C[C@H](Nc1ccccc1CN1CCC[C@@H](C(N)=O)C1)C1CCC1. The maximum atomic E-state index is 11.5. The number of rotatable bonds is 6. The Morgan fingerprint density at radius 3 is 2.78 bits per heavy atom. The lowest BCUT2D eigenvalue weighted by Gasteiger charge is -2.34. The Bertz CT molecular complexity index is 541. The molecule has 0 bridgehead atoms. The van der Waals surface area contributed by atoms with Crippen LogP contribution in [-0.4, -0.2) is 29.9 Å². The number of piperidine rings is 1. The van der Waals surface area contributed by atoms with Crippen molar-refractivity contribution in [2.24, 2.45) is 17.6 Å². The van der Waals surface area contributed by atoms with E-state index in [0.29, 0.717) is 6.04 Å². The first-order valence-electron chi connectivity index (χ1n) is 8.99. The zero-order valence-electron chi connectivity index (χ0n) is 14.1. The molecule has 2 atom stereocenters. The minimum Gasteiger partial charge on any atom is -0.382 e. The molecule has 1 aromatic rings. The van der Waals surface area contributed by atoms with Crippen LogP contribution in [0.3, 0.4) is 0 Å². The van der Waals surface area contributed by atoms with Gasteiger partial charge in [-0.1, -0.05) is 24.6 Å². The van der Waals surface area contributed by atoms with Crippen molar-refractivity contribution in [2.75, 3.05) is 18.4 Å². The third-order valence-corrected chi connectivity index (χ3v) is 5.56. The quantitative estimate of drug-likeness (QED) is 0.848. The number of nitrogens with one attached hydrogen (secondary N) is 1. The lowest BCUT2D eigenvalue weighted by atomic mass is 9.80. The standard InChI is InChI=1S/C19H29N3O/c1-14(15-7-4-8-15)21-18-10-3-2-6-16(18)12-22-11-5-9-17(13-22)19(20)23/h2-3,6,10,14-15,17,21H,4-5,7-9,11-13H2,1H3,(H2,20,23)/t14-,17+/m0/s1. The summed E-state index contributed by atoms with van der Waals surface area (Å²) in [4.78, 5) is 13.8. The first-order valence-corrected chi connectivity index (χ1v) is 8.99. The molecule has 23 heavy (non-hydrogen) atoms. The Morgan fingerprint density at radius 1 is 1.30 bits per heavy atom. The van der Waals surface area contributed by atoms with Crippen molar-refractivity contribution < 1.29 is 4.79 Å². The average Bonchev–Trinajstić information content (AvgIpc) is 2.47. The van der Waals surface area contributed by atoms with Gasteiger partial charge in [-0.05, 0) is 56.7 Å². The Balaban J connectivity index is 1.64. The van der Waals surface area contributed by atoms with E-state index in [2.05, 4.69) is 41.4 Å². The molecule has 1 saturated carbocycles. The Hall–Kier alpha value is -1.55. The van der Waals surface area contributed by atoms with E-state index in [4.69, 9.17) is 5.73 Å². The van der Waals surface area contributed by atoms with Gasteiger partial charge in [-0.15, -0.1) is 0 Å². The van der Waals surface area contributed by atoms with E-state index in [1.54, 1.807) is 0 Å². The van der Waals surface area contributed by atoms with Crippen LogP contribution >= 0.6 is 0 Å². The molecule has 1 aromatic carbocycles. The molecule has 1 aliphatic heterocycles. The molecule has 0 aromatic heterocycles. The summed E-state index contributed by atoms with van der Waals surface area (Å²) in [6.07, 6.45) is 6.07. The minimum absolute atomic E-state index is 0.0118. The number of benzene rings is 1. The van der Waals surface area contributed by atoms with E-state index in [9.17, 15) is 4.79 Å². The fourth-order valence-corrected chi connectivity index (χ4v) is 3.77. The Labute approximate surface area is 139 Å². The van der Waals surface area contributed by atoms with Gasteiger partial charge in [0.1, 0.15) is 0 Å². The highest BCUT2D eigenvalue weighted by Crippen LogP contribution is 2.32. The summed E-state index contributed by atoms with van der Waals surface area (Å²) in [6.45, 7) is 5.03. The molecule has 1 aliphatic carbocycles. The second-order valence-corrected chi connectivity index (χ2v) is 7.26. The van der Waals surface area contributed by atoms with E-state index in [1.807, 2.05) is 0 Å². The van der Waals surface area contributed by atoms with Crippen LogP contribution in [0.4, 0.5) is 5.69 Å². The molecule has 0 unspecified atom stereocenters. The smallest absolute Gasteiger partial charge is 0.221 e. The van der Waals surface area contributed by atoms with Crippen molar-refractivity contribution in [1.29, 1.82) is 0 Å². The molecule has 3 N–H and O–H groups in total. The van der Waals surface area contributed by atoms with E-state index >= 15 is 0 Å². The highest BCUT2D eigenvalue weighted by atomic mass is 16.1. The fraction of sp³-hybridized carbons (Fsp3) is 0.632. The number of nitrogens with two attached hydrogens (primary N) is 1. The molecule has 3 rings (SSSR count). The number of hydrogen-bond donors (Lipinski definition) is 2. The van der Waals surface area contributed by atoms with Gasteiger partial charge in [0.15, 0.2) is 0 Å². The van der Waals surface area contributed by atoms with E-state index in [1.165, 1.54) is 30.5 Å². The van der Waals surface area contributed by atoms with Crippen LogP contribution < -0.4 is 11.1 Å². The van der Waals surface area contributed by atoms with Gasteiger partial charge in [0.25, 0.3) is 0 Å². The summed E-state index contributed by atoms with van der Waals surface area (Å²) in [7, 11) is 0. The van der Waals surface area contributed by atoms with Crippen molar-refractivity contribution in [2.45, 2.75) is 51.6 Å². The molecule has 4 heteroatoms. The molecule has 1 amide bonds. The summed E-state index contributed by atoms with van der Waals surface area (Å²) >= 11 is 0. The second-order valence-electron chi connectivity index (χ2n) is 7.26. The maximum Gasteiger partial charge on any atom is 0.221 e. The molecule has 4 nitrogen and oxygen atoms in total. The van der Waals surface area contributed by atoms with Gasteiger partial charge in [0.05, 0.1) is 5.92 Å². The maximum absolute atomic E-state index is 11.5.